The Bertz CT molecular complexity index is 290. The number of hydrogen-bond donors (Lipinski definition) is 0. The van der Waals surface area contributed by atoms with Crippen molar-refractivity contribution < 1.29 is 4.42 Å². The number of fused-ring (bicyclic) bond motifs is 1. The van der Waals surface area contributed by atoms with E-state index >= 15 is 0 Å². The van der Waals surface area contributed by atoms with Crippen LogP contribution in [-0.4, -0.2) is 4.98 Å². The van der Waals surface area contributed by atoms with E-state index in [9.17, 15) is 0 Å². The molecule has 4 heteroatoms. The SMILES string of the molecule is Cl.Cl.c1cnc2occc2c1. The second kappa shape index (κ2) is 4.21. The van der Waals surface area contributed by atoms with Crippen molar-refractivity contribution in [3.05, 3.63) is 30.7 Å². The molecule has 0 radical (unpaired) electrons. The van der Waals surface area contributed by atoms with Crippen LogP contribution in [0.15, 0.2) is 35.1 Å². The topological polar surface area (TPSA) is 26.0 Å². The van der Waals surface area contributed by atoms with Gasteiger partial charge in [0.1, 0.15) is 0 Å². The molecule has 0 atom stereocenters. The molecule has 0 aliphatic carbocycles. The summed E-state index contributed by atoms with van der Waals surface area (Å²) in [4.78, 5) is 3.97. The summed E-state index contributed by atoms with van der Waals surface area (Å²) >= 11 is 0. The minimum Gasteiger partial charge on any atom is -0.446 e. The summed E-state index contributed by atoms with van der Waals surface area (Å²) in [6.07, 6.45) is 3.35. The fourth-order valence-corrected chi connectivity index (χ4v) is 0.800. The summed E-state index contributed by atoms with van der Waals surface area (Å²) < 4.78 is 5.01. The Morgan fingerprint density at radius 1 is 1.18 bits per heavy atom. The van der Waals surface area contributed by atoms with Crippen molar-refractivity contribution in [1.29, 1.82) is 0 Å². The highest BCUT2D eigenvalue weighted by Gasteiger charge is 1.91. The number of aromatic nitrogens is 1. The fraction of sp³-hybridized carbons (Fsp3) is 0. The maximum atomic E-state index is 5.01. The van der Waals surface area contributed by atoms with Gasteiger partial charge >= 0.3 is 0 Å². The monoisotopic (exact) mass is 191 g/mol. The van der Waals surface area contributed by atoms with Crippen molar-refractivity contribution in [2.24, 2.45) is 0 Å². The summed E-state index contributed by atoms with van der Waals surface area (Å²) in [6.45, 7) is 0. The minimum atomic E-state index is 0. The highest BCUT2D eigenvalue weighted by atomic mass is 35.5. The summed E-state index contributed by atoms with van der Waals surface area (Å²) in [5.74, 6) is 0. The lowest BCUT2D eigenvalue weighted by Crippen LogP contribution is -1.66. The molecule has 0 saturated heterocycles. The second-order valence-electron chi connectivity index (χ2n) is 1.82. The number of rotatable bonds is 0. The van der Waals surface area contributed by atoms with Crippen molar-refractivity contribution >= 4 is 35.9 Å². The van der Waals surface area contributed by atoms with E-state index in [1.54, 1.807) is 12.5 Å². The van der Waals surface area contributed by atoms with Crippen molar-refractivity contribution in [2.75, 3.05) is 0 Å². The zero-order valence-corrected chi connectivity index (χ0v) is 7.19. The summed E-state index contributed by atoms with van der Waals surface area (Å²) in [5, 5.41) is 1.05. The molecule has 0 spiro atoms. The van der Waals surface area contributed by atoms with Crippen molar-refractivity contribution in [3.63, 3.8) is 0 Å². The quantitative estimate of drug-likeness (QED) is 0.641. The van der Waals surface area contributed by atoms with Crippen LogP contribution < -0.4 is 0 Å². The Kier molecular flexibility index (Phi) is 3.93. The van der Waals surface area contributed by atoms with Gasteiger partial charge in [-0.1, -0.05) is 0 Å². The first-order valence-electron chi connectivity index (χ1n) is 2.75. The van der Waals surface area contributed by atoms with Gasteiger partial charge in [-0.25, -0.2) is 4.98 Å². The summed E-state index contributed by atoms with van der Waals surface area (Å²) in [5.41, 5.74) is 0.706. The van der Waals surface area contributed by atoms with Gasteiger partial charge in [0.15, 0.2) is 0 Å². The van der Waals surface area contributed by atoms with Gasteiger partial charge in [0.05, 0.1) is 6.26 Å². The van der Waals surface area contributed by atoms with Crippen LogP contribution in [0.1, 0.15) is 0 Å². The number of furan rings is 1. The lowest BCUT2D eigenvalue weighted by Gasteiger charge is -1.80. The normalized spacial score (nSPS) is 8.36. The Balaban J connectivity index is 0.000000500. The third kappa shape index (κ3) is 1.85. The zero-order chi connectivity index (χ0) is 6.10. The predicted octanol–water partition coefficient (Wildman–Crippen LogP) is 2.67. The van der Waals surface area contributed by atoms with Gasteiger partial charge in [-0.2, -0.15) is 0 Å². The summed E-state index contributed by atoms with van der Waals surface area (Å²) in [7, 11) is 0. The molecule has 2 rings (SSSR count). The molecule has 0 bridgehead atoms. The minimum absolute atomic E-state index is 0. The first kappa shape index (κ1) is 10.3. The lowest BCUT2D eigenvalue weighted by atomic mass is 10.4. The number of halogens is 2. The Morgan fingerprint density at radius 2 is 2.00 bits per heavy atom. The highest BCUT2D eigenvalue weighted by molar-refractivity contribution is 5.85. The molecule has 0 saturated carbocycles. The van der Waals surface area contributed by atoms with E-state index in [2.05, 4.69) is 4.98 Å². The molecule has 2 aromatic rings. The van der Waals surface area contributed by atoms with Crippen LogP contribution in [-0.2, 0) is 0 Å². The van der Waals surface area contributed by atoms with Gasteiger partial charge in [0.2, 0.25) is 5.71 Å². The van der Waals surface area contributed by atoms with Crippen LogP contribution in [0.5, 0.6) is 0 Å². The van der Waals surface area contributed by atoms with Crippen LogP contribution in [0.3, 0.4) is 0 Å². The van der Waals surface area contributed by atoms with Gasteiger partial charge in [0, 0.05) is 11.6 Å². The second-order valence-corrected chi connectivity index (χ2v) is 1.82. The summed E-state index contributed by atoms with van der Waals surface area (Å²) in [6, 6.07) is 5.74. The molecule has 0 amide bonds. The molecule has 60 valence electrons. The van der Waals surface area contributed by atoms with E-state index in [1.165, 1.54) is 0 Å². The number of pyridine rings is 1. The van der Waals surface area contributed by atoms with Crippen LogP contribution in [0.25, 0.3) is 11.1 Å². The molecule has 0 N–H and O–H groups in total. The van der Waals surface area contributed by atoms with E-state index in [1.807, 2.05) is 18.2 Å². The van der Waals surface area contributed by atoms with E-state index in [0.29, 0.717) is 5.71 Å². The van der Waals surface area contributed by atoms with Crippen molar-refractivity contribution in [3.8, 4) is 0 Å². The molecule has 0 unspecified atom stereocenters. The molecule has 0 aliphatic heterocycles. The largest absolute Gasteiger partial charge is 0.446 e. The highest BCUT2D eigenvalue weighted by Crippen LogP contribution is 2.09. The number of nitrogens with zero attached hydrogens (tertiary/aromatic N) is 1. The molecule has 0 aliphatic rings. The van der Waals surface area contributed by atoms with Gasteiger partial charge in [0.25, 0.3) is 0 Å². The molecule has 11 heavy (non-hydrogen) atoms. The standard InChI is InChI=1S/C7H5NO.2ClH/c1-2-6-3-5-9-7(6)8-4-1;;/h1-5H;2*1H. The first-order valence-corrected chi connectivity index (χ1v) is 2.75. The van der Waals surface area contributed by atoms with Gasteiger partial charge in [-0.05, 0) is 18.2 Å². The van der Waals surface area contributed by atoms with Crippen LogP contribution >= 0.6 is 24.8 Å². The molecule has 2 heterocycles. The van der Waals surface area contributed by atoms with Crippen LogP contribution in [0.4, 0.5) is 0 Å². The smallest absolute Gasteiger partial charge is 0.225 e. The van der Waals surface area contributed by atoms with Crippen molar-refractivity contribution in [1.82, 2.24) is 4.98 Å². The van der Waals surface area contributed by atoms with E-state index in [-0.39, 0.29) is 24.8 Å². The van der Waals surface area contributed by atoms with Gasteiger partial charge < -0.3 is 4.42 Å². The lowest BCUT2D eigenvalue weighted by molar-refractivity contribution is 0.603. The van der Waals surface area contributed by atoms with Crippen molar-refractivity contribution in [2.45, 2.75) is 0 Å². The average Bonchev–Trinajstić information content (AvgIpc) is 2.33. The van der Waals surface area contributed by atoms with Crippen LogP contribution in [0, 0.1) is 0 Å². The third-order valence-corrected chi connectivity index (χ3v) is 1.23. The predicted molar refractivity (Wildman–Crippen MR) is 48.5 cm³/mol. The Hall–Kier alpha value is -0.730. The van der Waals surface area contributed by atoms with E-state index in [4.69, 9.17) is 4.42 Å². The van der Waals surface area contributed by atoms with Gasteiger partial charge in [-0.15, -0.1) is 24.8 Å². The molecule has 0 aromatic carbocycles. The maximum Gasteiger partial charge on any atom is 0.225 e. The first-order chi connectivity index (χ1) is 4.47. The third-order valence-electron chi connectivity index (χ3n) is 1.23. The molecular weight excluding hydrogens is 185 g/mol. The average molecular weight is 192 g/mol. The van der Waals surface area contributed by atoms with E-state index < -0.39 is 0 Å². The van der Waals surface area contributed by atoms with E-state index in [0.717, 1.165) is 5.39 Å². The van der Waals surface area contributed by atoms with Crippen LogP contribution in [0.2, 0.25) is 0 Å². The molecule has 2 aromatic heterocycles. The maximum absolute atomic E-state index is 5.01. The molecular formula is C7H7Cl2NO. The molecule has 0 fully saturated rings. The number of hydrogen-bond acceptors (Lipinski definition) is 2. The van der Waals surface area contributed by atoms with Gasteiger partial charge in [-0.3, -0.25) is 0 Å². The Morgan fingerprint density at radius 3 is 2.73 bits per heavy atom. The molecule has 2 nitrogen and oxygen atoms in total. The fourth-order valence-electron chi connectivity index (χ4n) is 0.800. The Labute approximate surface area is 76.4 Å². The zero-order valence-electron chi connectivity index (χ0n) is 5.56.